The molecule has 1 unspecified atom stereocenters. The van der Waals surface area contributed by atoms with Crippen molar-refractivity contribution in [3.8, 4) is 5.75 Å². The van der Waals surface area contributed by atoms with Gasteiger partial charge in [-0.1, -0.05) is 33.6 Å². The van der Waals surface area contributed by atoms with E-state index in [0.29, 0.717) is 25.3 Å². The fraction of sp³-hybridized carbons (Fsp3) is 0.636. The summed E-state index contributed by atoms with van der Waals surface area (Å²) in [5, 5.41) is 0. The molecule has 1 atom stereocenters. The van der Waals surface area contributed by atoms with Gasteiger partial charge in [0.2, 0.25) is 5.91 Å². The van der Waals surface area contributed by atoms with E-state index in [1.54, 1.807) is 12.1 Å². The zero-order chi connectivity index (χ0) is 19.9. The Bertz CT molecular complexity index is 625. The zero-order valence-corrected chi connectivity index (χ0v) is 17.0. The molecule has 1 saturated heterocycles. The lowest BCUT2D eigenvalue weighted by Crippen LogP contribution is -2.54. The fourth-order valence-electron chi connectivity index (χ4n) is 3.39. The highest BCUT2D eigenvalue weighted by molar-refractivity contribution is 5.98. The van der Waals surface area contributed by atoms with Crippen LogP contribution >= 0.6 is 0 Å². The molecule has 0 aromatic heterocycles. The van der Waals surface area contributed by atoms with Crippen molar-refractivity contribution in [1.29, 1.82) is 0 Å². The summed E-state index contributed by atoms with van der Waals surface area (Å²) in [7, 11) is 0. The normalized spacial score (nSPS) is 19.0. The van der Waals surface area contributed by atoms with Gasteiger partial charge in [-0.2, -0.15) is 0 Å². The molecule has 1 aromatic carbocycles. The molecule has 0 spiro atoms. The minimum atomic E-state index is -0.0785. The van der Waals surface area contributed by atoms with Gasteiger partial charge in [0.1, 0.15) is 5.75 Å². The number of hydrogen-bond acceptors (Lipinski definition) is 4. The molecule has 1 amide bonds. The molecule has 1 aliphatic rings. The van der Waals surface area contributed by atoms with Gasteiger partial charge in [-0.15, -0.1) is 0 Å². The Morgan fingerprint density at radius 1 is 1.19 bits per heavy atom. The Morgan fingerprint density at radius 2 is 1.89 bits per heavy atom. The molecule has 1 aromatic rings. The van der Waals surface area contributed by atoms with Crippen LogP contribution in [0.3, 0.4) is 0 Å². The number of likely N-dealkylation sites (tertiary alicyclic amines) is 1. The van der Waals surface area contributed by atoms with Crippen LogP contribution in [0.15, 0.2) is 24.3 Å². The number of ketones is 1. The van der Waals surface area contributed by atoms with E-state index >= 15 is 0 Å². The fourth-order valence-corrected chi connectivity index (χ4v) is 3.39. The van der Waals surface area contributed by atoms with Crippen molar-refractivity contribution in [3.63, 3.8) is 0 Å². The van der Waals surface area contributed by atoms with E-state index in [1.807, 2.05) is 17.0 Å². The summed E-state index contributed by atoms with van der Waals surface area (Å²) in [6.07, 6.45) is 4.66. The average molecular weight is 375 g/mol. The van der Waals surface area contributed by atoms with Crippen molar-refractivity contribution < 1.29 is 14.3 Å². The first-order valence-corrected chi connectivity index (χ1v) is 10.1. The molecule has 5 nitrogen and oxygen atoms in total. The summed E-state index contributed by atoms with van der Waals surface area (Å²) in [6.45, 7) is 8.38. The lowest BCUT2D eigenvalue weighted by atomic mass is 9.79. The minimum absolute atomic E-state index is 0.00569. The van der Waals surface area contributed by atoms with Gasteiger partial charge in [-0.3, -0.25) is 9.59 Å². The molecular formula is C22H34N2O3. The van der Waals surface area contributed by atoms with Crippen LogP contribution in [0.5, 0.6) is 5.75 Å². The maximum Gasteiger partial charge on any atom is 0.223 e. The second kappa shape index (κ2) is 9.88. The highest BCUT2D eigenvalue weighted by atomic mass is 16.5. The molecule has 2 N–H and O–H groups in total. The maximum atomic E-state index is 12.5. The molecule has 27 heavy (non-hydrogen) atoms. The number of benzene rings is 1. The maximum absolute atomic E-state index is 12.5. The number of carbonyl (C=O) groups excluding carboxylic acids is 2. The van der Waals surface area contributed by atoms with Crippen LogP contribution in [0.25, 0.3) is 0 Å². The van der Waals surface area contributed by atoms with Gasteiger partial charge in [0, 0.05) is 37.5 Å². The first-order valence-electron chi connectivity index (χ1n) is 10.1. The van der Waals surface area contributed by atoms with E-state index in [4.69, 9.17) is 10.5 Å². The predicted molar refractivity (Wildman–Crippen MR) is 108 cm³/mol. The topological polar surface area (TPSA) is 72.6 Å². The van der Waals surface area contributed by atoms with E-state index in [1.165, 1.54) is 0 Å². The SMILES string of the molecule is CCCCCOc1ccc(C(=O)CCC(=O)N2CCC(N)C(C)(C)C2)cc1. The van der Waals surface area contributed by atoms with Gasteiger partial charge >= 0.3 is 0 Å². The first kappa shape index (κ1) is 21.4. The monoisotopic (exact) mass is 374 g/mol. The molecule has 0 bridgehead atoms. The molecule has 150 valence electrons. The van der Waals surface area contributed by atoms with Gasteiger partial charge < -0.3 is 15.4 Å². The standard InChI is InChI=1S/C22H34N2O3/c1-4-5-6-15-27-18-9-7-17(8-10-18)19(25)11-12-21(26)24-14-13-20(23)22(2,3)16-24/h7-10,20H,4-6,11-16,23H2,1-3H3. The van der Waals surface area contributed by atoms with E-state index in [-0.39, 0.29) is 36.0 Å². The minimum Gasteiger partial charge on any atom is -0.494 e. The summed E-state index contributed by atoms with van der Waals surface area (Å²) in [4.78, 5) is 26.7. The molecule has 1 fully saturated rings. The number of Topliss-reactive ketones (excluding diaryl/α,β-unsaturated/α-hetero) is 1. The van der Waals surface area contributed by atoms with Crippen molar-refractivity contribution in [3.05, 3.63) is 29.8 Å². The van der Waals surface area contributed by atoms with E-state index in [9.17, 15) is 9.59 Å². The molecule has 2 rings (SSSR count). The number of ether oxygens (including phenoxy) is 1. The van der Waals surface area contributed by atoms with E-state index < -0.39 is 0 Å². The lowest BCUT2D eigenvalue weighted by Gasteiger charge is -2.42. The van der Waals surface area contributed by atoms with Crippen LogP contribution in [0.2, 0.25) is 0 Å². The molecule has 0 aliphatic carbocycles. The number of piperidine rings is 1. The van der Waals surface area contributed by atoms with Gasteiger partial charge in [0.15, 0.2) is 5.78 Å². The highest BCUT2D eigenvalue weighted by Gasteiger charge is 2.35. The van der Waals surface area contributed by atoms with Crippen molar-refractivity contribution in [1.82, 2.24) is 4.90 Å². The Labute approximate surface area is 163 Å². The third-order valence-electron chi connectivity index (χ3n) is 5.42. The predicted octanol–water partition coefficient (Wildman–Crippen LogP) is 3.80. The summed E-state index contributed by atoms with van der Waals surface area (Å²) >= 11 is 0. The summed E-state index contributed by atoms with van der Waals surface area (Å²) in [5.74, 6) is 0.818. The van der Waals surface area contributed by atoms with Crippen LogP contribution in [-0.4, -0.2) is 42.3 Å². The van der Waals surface area contributed by atoms with Crippen LogP contribution in [0, 0.1) is 5.41 Å². The third-order valence-corrected chi connectivity index (χ3v) is 5.42. The number of nitrogens with two attached hydrogens (primary N) is 1. The van der Waals surface area contributed by atoms with Crippen molar-refractivity contribution >= 4 is 11.7 Å². The summed E-state index contributed by atoms with van der Waals surface area (Å²) in [5.41, 5.74) is 6.68. The molecular weight excluding hydrogens is 340 g/mol. The smallest absolute Gasteiger partial charge is 0.223 e. The van der Waals surface area contributed by atoms with Gasteiger partial charge in [-0.25, -0.2) is 0 Å². The second-order valence-corrected chi connectivity index (χ2v) is 8.20. The van der Waals surface area contributed by atoms with Crippen LogP contribution in [-0.2, 0) is 4.79 Å². The molecule has 0 saturated carbocycles. The zero-order valence-electron chi connectivity index (χ0n) is 17.0. The van der Waals surface area contributed by atoms with E-state index in [0.717, 1.165) is 31.4 Å². The Hall–Kier alpha value is -1.88. The van der Waals surface area contributed by atoms with Crippen LogP contribution in [0.1, 0.15) is 69.7 Å². The molecule has 1 aliphatic heterocycles. The summed E-state index contributed by atoms with van der Waals surface area (Å²) in [6, 6.07) is 7.34. The third kappa shape index (κ3) is 6.35. The second-order valence-electron chi connectivity index (χ2n) is 8.20. The largest absolute Gasteiger partial charge is 0.494 e. The number of amides is 1. The van der Waals surface area contributed by atoms with Gasteiger partial charge in [-0.05, 0) is 42.5 Å². The molecule has 1 heterocycles. The number of nitrogens with zero attached hydrogens (tertiary/aromatic N) is 1. The average Bonchev–Trinajstić information content (AvgIpc) is 2.65. The van der Waals surface area contributed by atoms with Crippen LogP contribution in [0.4, 0.5) is 0 Å². The van der Waals surface area contributed by atoms with Crippen molar-refractivity contribution in [2.75, 3.05) is 19.7 Å². The van der Waals surface area contributed by atoms with Gasteiger partial charge in [0.25, 0.3) is 0 Å². The first-order chi connectivity index (χ1) is 12.8. The lowest BCUT2D eigenvalue weighted by molar-refractivity contribution is -0.134. The molecule has 0 radical (unpaired) electrons. The number of rotatable bonds is 9. The summed E-state index contributed by atoms with van der Waals surface area (Å²) < 4.78 is 5.67. The van der Waals surface area contributed by atoms with Crippen molar-refractivity contribution in [2.45, 2.75) is 65.3 Å². The Balaban J connectivity index is 1.79. The Morgan fingerprint density at radius 3 is 2.52 bits per heavy atom. The van der Waals surface area contributed by atoms with Crippen molar-refractivity contribution in [2.24, 2.45) is 11.1 Å². The highest BCUT2D eigenvalue weighted by Crippen LogP contribution is 2.28. The number of carbonyl (C=O) groups is 2. The van der Waals surface area contributed by atoms with Crippen LogP contribution < -0.4 is 10.5 Å². The number of hydrogen-bond donors (Lipinski definition) is 1. The van der Waals surface area contributed by atoms with Gasteiger partial charge in [0.05, 0.1) is 6.61 Å². The number of unbranched alkanes of at least 4 members (excludes halogenated alkanes) is 2. The molecule has 5 heteroatoms. The Kier molecular flexibility index (Phi) is 7.84. The quantitative estimate of drug-likeness (QED) is 0.527. The van der Waals surface area contributed by atoms with E-state index in [2.05, 4.69) is 20.8 Å².